The summed E-state index contributed by atoms with van der Waals surface area (Å²) < 4.78 is 4.92. The van der Waals surface area contributed by atoms with Crippen molar-refractivity contribution in [2.75, 3.05) is 31.3 Å². The van der Waals surface area contributed by atoms with E-state index in [-0.39, 0.29) is 0 Å². The van der Waals surface area contributed by atoms with Crippen molar-refractivity contribution in [2.24, 2.45) is 0 Å². The van der Waals surface area contributed by atoms with Gasteiger partial charge in [-0.2, -0.15) is 0 Å². The molecular formula is C9H15N3O. The molecule has 3 N–H and O–H groups in total. The zero-order valence-corrected chi connectivity index (χ0v) is 7.79. The first-order chi connectivity index (χ1) is 6.34. The van der Waals surface area contributed by atoms with E-state index in [9.17, 15) is 0 Å². The van der Waals surface area contributed by atoms with Crippen molar-refractivity contribution in [1.82, 2.24) is 4.98 Å². The van der Waals surface area contributed by atoms with Crippen LogP contribution in [0.3, 0.4) is 0 Å². The standard InChI is InChI=1S/C9H15N3O/c1-13-7-3-6-12-9-8(10)4-2-5-11-9/h2,4-5H,3,6-7,10H2,1H3,(H,11,12). The van der Waals surface area contributed by atoms with Gasteiger partial charge in [-0.05, 0) is 18.6 Å². The van der Waals surface area contributed by atoms with Crippen molar-refractivity contribution in [2.45, 2.75) is 6.42 Å². The maximum atomic E-state index is 5.68. The molecule has 0 fully saturated rings. The van der Waals surface area contributed by atoms with E-state index in [4.69, 9.17) is 10.5 Å². The quantitative estimate of drug-likeness (QED) is 0.668. The van der Waals surface area contributed by atoms with Crippen molar-refractivity contribution in [3.05, 3.63) is 18.3 Å². The Morgan fingerprint density at radius 3 is 3.15 bits per heavy atom. The molecule has 0 aliphatic rings. The number of ether oxygens (including phenoxy) is 1. The second-order valence-corrected chi connectivity index (χ2v) is 2.71. The number of anilines is 2. The van der Waals surface area contributed by atoms with Gasteiger partial charge in [-0.3, -0.25) is 0 Å². The van der Waals surface area contributed by atoms with Crippen LogP contribution in [-0.4, -0.2) is 25.2 Å². The molecule has 72 valence electrons. The summed E-state index contributed by atoms with van der Waals surface area (Å²) in [6.07, 6.45) is 2.67. The van der Waals surface area contributed by atoms with Gasteiger partial charge in [0, 0.05) is 26.5 Å². The summed E-state index contributed by atoms with van der Waals surface area (Å²) in [7, 11) is 1.69. The van der Waals surface area contributed by atoms with Gasteiger partial charge in [0.1, 0.15) is 5.82 Å². The lowest BCUT2D eigenvalue weighted by atomic mass is 10.4. The number of nitrogens with zero attached hydrogens (tertiary/aromatic N) is 1. The van der Waals surface area contributed by atoms with Crippen LogP contribution in [0.15, 0.2) is 18.3 Å². The van der Waals surface area contributed by atoms with E-state index in [2.05, 4.69) is 10.3 Å². The van der Waals surface area contributed by atoms with E-state index in [0.717, 1.165) is 25.4 Å². The first kappa shape index (κ1) is 9.80. The van der Waals surface area contributed by atoms with Crippen LogP contribution in [-0.2, 0) is 4.74 Å². The maximum absolute atomic E-state index is 5.68. The van der Waals surface area contributed by atoms with Gasteiger partial charge in [0.2, 0.25) is 0 Å². The molecule has 0 spiro atoms. The highest BCUT2D eigenvalue weighted by Gasteiger charge is 1.96. The van der Waals surface area contributed by atoms with Crippen molar-refractivity contribution in [3.8, 4) is 0 Å². The molecule has 0 saturated carbocycles. The van der Waals surface area contributed by atoms with Crippen LogP contribution in [0.1, 0.15) is 6.42 Å². The third kappa shape index (κ3) is 3.29. The Balaban J connectivity index is 2.32. The van der Waals surface area contributed by atoms with Crippen molar-refractivity contribution in [3.63, 3.8) is 0 Å². The number of hydrogen-bond acceptors (Lipinski definition) is 4. The normalized spacial score (nSPS) is 9.92. The van der Waals surface area contributed by atoms with E-state index < -0.39 is 0 Å². The van der Waals surface area contributed by atoms with Crippen LogP contribution in [0.2, 0.25) is 0 Å². The average Bonchev–Trinajstić information content (AvgIpc) is 2.15. The van der Waals surface area contributed by atoms with E-state index in [1.807, 2.05) is 12.1 Å². The van der Waals surface area contributed by atoms with Crippen LogP contribution in [0, 0.1) is 0 Å². The second-order valence-electron chi connectivity index (χ2n) is 2.71. The number of pyridine rings is 1. The monoisotopic (exact) mass is 181 g/mol. The lowest BCUT2D eigenvalue weighted by molar-refractivity contribution is 0.198. The molecule has 13 heavy (non-hydrogen) atoms. The molecule has 0 amide bonds. The number of rotatable bonds is 5. The molecule has 0 saturated heterocycles. The first-order valence-electron chi connectivity index (χ1n) is 4.28. The number of methoxy groups -OCH3 is 1. The smallest absolute Gasteiger partial charge is 0.149 e. The molecule has 0 radical (unpaired) electrons. The summed E-state index contributed by atoms with van der Waals surface area (Å²) in [5.41, 5.74) is 6.36. The van der Waals surface area contributed by atoms with Crippen molar-refractivity contribution in [1.29, 1.82) is 0 Å². The van der Waals surface area contributed by atoms with E-state index >= 15 is 0 Å². The van der Waals surface area contributed by atoms with E-state index in [1.54, 1.807) is 13.3 Å². The fraction of sp³-hybridized carbons (Fsp3) is 0.444. The highest BCUT2D eigenvalue weighted by Crippen LogP contribution is 2.12. The number of hydrogen-bond donors (Lipinski definition) is 2. The third-order valence-electron chi connectivity index (χ3n) is 1.66. The Kier molecular flexibility index (Phi) is 4.05. The summed E-state index contributed by atoms with van der Waals surface area (Å²) in [6.45, 7) is 1.58. The zero-order chi connectivity index (χ0) is 9.52. The van der Waals surface area contributed by atoms with Crippen LogP contribution in [0.25, 0.3) is 0 Å². The van der Waals surface area contributed by atoms with Gasteiger partial charge in [-0.1, -0.05) is 0 Å². The van der Waals surface area contributed by atoms with Crippen molar-refractivity contribution >= 4 is 11.5 Å². The van der Waals surface area contributed by atoms with Crippen LogP contribution < -0.4 is 11.1 Å². The van der Waals surface area contributed by atoms with Crippen LogP contribution >= 0.6 is 0 Å². The summed E-state index contributed by atoms with van der Waals surface area (Å²) in [5, 5.41) is 3.13. The minimum absolute atomic E-state index is 0.680. The third-order valence-corrected chi connectivity index (χ3v) is 1.66. The van der Waals surface area contributed by atoms with Crippen LogP contribution in [0.5, 0.6) is 0 Å². The van der Waals surface area contributed by atoms with Gasteiger partial charge in [-0.15, -0.1) is 0 Å². The second kappa shape index (κ2) is 5.37. The summed E-state index contributed by atoms with van der Waals surface area (Å²) in [5.74, 6) is 0.749. The minimum atomic E-state index is 0.680. The lowest BCUT2D eigenvalue weighted by Gasteiger charge is -2.06. The molecule has 1 rings (SSSR count). The van der Waals surface area contributed by atoms with Gasteiger partial charge in [0.05, 0.1) is 5.69 Å². The molecule has 1 heterocycles. The highest BCUT2D eigenvalue weighted by atomic mass is 16.5. The van der Waals surface area contributed by atoms with Gasteiger partial charge >= 0.3 is 0 Å². The summed E-state index contributed by atoms with van der Waals surface area (Å²) in [6, 6.07) is 3.64. The fourth-order valence-electron chi connectivity index (χ4n) is 0.989. The average molecular weight is 181 g/mol. The van der Waals surface area contributed by atoms with E-state index in [1.165, 1.54) is 0 Å². The Labute approximate surface area is 78.1 Å². The molecule has 0 bridgehead atoms. The predicted octanol–water partition coefficient (Wildman–Crippen LogP) is 1.11. The van der Waals surface area contributed by atoms with Crippen LogP contribution in [0.4, 0.5) is 11.5 Å². The number of nitrogens with two attached hydrogens (primary N) is 1. The number of nitrogen functional groups attached to an aromatic ring is 1. The molecule has 4 nitrogen and oxygen atoms in total. The fourth-order valence-corrected chi connectivity index (χ4v) is 0.989. The lowest BCUT2D eigenvalue weighted by Crippen LogP contribution is -2.07. The van der Waals surface area contributed by atoms with Gasteiger partial charge < -0.3 is 15.8 Å². The molecule has 0 atom stereocenters. The minimum Gasteiger partial charge on any atom is -0.396 e. The Morgan fingerprint density at radius 1 is 1.62 bits per heavy atom. The van der Waals surface area contributed by atoms with Crippen molar-refractivity contribution < 1.29 is 4.74 Å². The first-order valence-corrected chi connectivity index (χ1v) is 4.28. The van der Waals surface area contributed by atoms with Gasteiger partial charge in [-0.25, -0.2) is 4.98 Å². The molecule has 1 aromatic rings. The molecule has 0 aromatic carbocycles. The largest absolute Gasteiger partial charge is 0.396 e. The Morgan fingerprint density at radius 2 is 2.46 bits per heavy atom. The van der Waals surface area contributed by atoms with Gasteiger partial charge in [0.15, 0.2) is 0 Å². The predicted molar refractivity (Wildman–Crippen MR) is 53.6 cm³/mol. The molecule has 0 aliphatic carbocycles. The molecule has 0 aliphatic heterocycles. The molecule has 1 aromatic heterocycles. The molecular weight excluding hydrogens is 166 g/mol. The Hall–Kier alpha value is -1.29. The maximum Gasteiger partial charge on any atom is 0.149 e. The number of aromatic nitrogens is 1. The van der Waals surface area contributed by atoms with Gasteiger partial charge in [0.25, 0.3) is 0 Å². The summed E-state index contributed by atoms with van der Waals surface area (Å²) in [4.78, 5) is 4.10. The molecule has 0 unspecified atom stereocenters. The zero-order valence-electron chi connectivity index (χ0n) is 7.79. The topological polar surface area (TPSA) is 60.2 Å². The van der Waals surface area contributed by atoms with E-state index in [0.29, 0.717) is 5.69 Å². The summed E-state index contributed by atoms with van der Waals surface area (Å²) >= 11 is 0. The Bertz CT molecular complexity index is 252. The SMILES string of the molecule is COCCCNc1ncccc1N. The molecule has 4 heteroatoms. The highest BCUT2D eigenvalue weighted by molar-refractivity contribution is 5.60. The number of nitrogens with one attached hydrogen (secondary N) is 1.